The third-order valence-corrected chi connectivity index (χ3v) is 7.55. The molecule has 3 aliphatic rings. The minimum atomic E-state index is -4.46. The van der Waals surface area contributed by atoms with Gasteiger partial charge in [0.2, 0.25) is 0 Å². The van der Waals surface area contributed by atoms with Crippen LogP contribution in [0.4, 0.5) is 13.2 Å². The van der Waals surface area contributed by atoms with Crippen LogP contribution in [0, 0.1) is 0 Å². The molecule has 2 aromatic rings. The predicted molar refractivity (Wildman–Crippen MR) is 126 cm³/mol. The molecule has 1 saturated heterocycles. The predicted octanol–water partition coefficient (Wildman–Crippen LogP) is 3.31. The van der Waals surface area contributed by atoms with Crippen molar-refractivity contribution in [1.82, 2.24) is 15.6 Å². The van der Waals surface area contributed by atoms with Gasteiger partial charge in [-0.05, 0) is 62.9 Å². The zero-order chi connectivity index (χ0) is 25.4. The van der Waals surface area contributed by atoms with Crippen LogP contribution < -0.4 is 10.6 Å². The van der Waals surface area contributed by atoms with Crippen molar-refractivity contribution < 1.29 is 27.9 Å². The fraction of sp³-hybridized carbons (Fsp3) is 0.500. The maximum Gasteiger partial charge on any atom is 0.416 e. The Bertz CT molecular complexity index is 1120. The number of carbonyl (C=O) groups is 1. The number of hydrogen-bond donors (Lipinski definition) is 3. The Kier molecular flexibility index (Phi) is 6.61. The molecule has 0 amide bonds. The molecule has 1 unspecified atom stereocenters. The van der Waals surface area contributed by atoms with Gasteiger partial charge in [-0.25, -0.2) is 0 Å². The molecule has 2 atom stereocenters. The first-order chi connectivity index (χ1) is 17.2. The minimum absolute atomic E-state index is 0.0306. The van der Waals surface area contributed by atoms with E-state index in [9.17, 15) is 23.1 Å². The van der Waals surface area contributed by atoms with Crippen molar-refractivity contribution in [2.45, 2.75) is 68.0 Å². The molecule has 36 heavy (non-hydrogen) atoms. The number of nitrogens with zero attached hydrogens (tertiary/aromatic N) is 2. The molecule has 0 radical (unpaired) electrons. The van der Waals surface area contributed by atoms with Crippen LogP contribution in [0.15, 0.2) is 53.8 Å². The van der Waals surface area contributed by atoms with Gasteiger partial charge in [0.1, 0.15) is 5.60 Å². The van der Waals surface area contributed by atoms with Gasteiger partial charge in [0.15, 0.2) is 11.9 Å². The summed E-state index contributed by atoms with van der Waals surface area (Å²) >= 11 is 0. The Labute approximate surface area is 207 Å². The van der Waals surface area contributed by atoms with Gasteiger partial charge in [0.05, 0.1) is 22.5 Å². The molecule has 10 heteroatoms. The number of ketones is 1. The van der Waals surface area contributed by atoms with Crippen LogP contribution in [0.3, 0.4) is 0 Å². The van der Waals surface area contributed by atoms with Gasteiger partial charge in [-0.15, -0.1) is 0 Å². The third kappa shape index (κ3) is 4.89. The minimum Gasteiger partial charge on any atom is -0.384 e. The van der Waals surface area contributed by atoms with E-state index in [4.69, 9.17) is 4.84 Å². The first-order valence-corrected chi connectivity index (χ1v) is 12.3. The van der Waals surface area contributed by atoms with Crippen molar-refractivity contribution in [2.24, 2.45) is 5.16 Å². The number of pyridine rings is 1. The summed E-state index contributed by atoms with van der Waals surface area (Å²) in [4.78, 5) is 23.4. The molecule has 192 valence electrons. The summed E-state index contributed by atoms with van der Waals surface area (Å²) in [6, 6.07) is 10.4. The summed E-state index contributed by atoms with van der Waals surface area (Å²) in [5.74, 6) is -0.149. The number of aliphatic hydroxyl groups is 1. The Morgan fingerprint density at radius 2 is 1.94 bits per heavy atom. The number of benzene rings is 1. The Hall–Kier alpha value is -2.82. The zero-order valence-electron chi connectivity index (χ0n) is 19.7. The van der Waals surface area contributed by atoms with Gasteiger partial charge in [-0.2, -0.15) is 13.2 Å². The van der Waals surface area contributed by atoms with Gasteiger partial charge in [0.25, 0.3) is 0 Å². The second kappa shape index (κ2) is 9.57. The number of rotatable bonds is 6. The van der Waals surface area contributed by atoms with Gasteiger partial charge in [-0.3, -0.25) is 9.78 Å². The molecular weight excluding hydrogens is 473 g/mol. The van der Waals surface area contributed by atoms with E-state index in [-0.39, 0.29) is 18.2 Å². The number of aromatic nitrogens is 1. The standard InChI is InChI=1S/C26H29F3N4O3/c27-26(28,29)18-5-3-4-17(14-18)20-15-21(36-33-20)23(34)24(11-13-30-16-24)32-19-7-9-25(35,10-8-19)22-6-1-2-12-31-22/h1-6,12,14,19,21,30,32,35H,7-11,13,15-16H2/t19?,21?,24-,25?/m0/s1. The Morgan fingerprint density at radius 1 is 1.14 bits per heavy atom. The quantitative estimate of drug-likeness (QED) is 0.561. The van der Waals surface area contributed by atoms with Crippen LogP contribution in [-0.2, 0) is 21.4 Å². The second-order valence-corrected chi connectivity index (χ2v) is 9.95. The van der Waals surface area contributed by atoms with E-state index in [0.717, 1.165) is 12.1 Å². The van der Waals surface area contributed by atoms with Gasteiger partial charge >= 0.3 is 6.18 Å². The van der Waals surface area contributed by atoms with E-state index in [1.807, 2.05) is 18.2 Å². The third-order valence-electron chi connectivity index (χ3n) is 7.55. The van der Waals surface area contributed by atoms with E-state index in [0.29, 0.717) is 62.2 Å². The van der Waals surface area contributed by atoms with Crippen molar-refractivity contribution in [3.05, 3.63) is 65.5 Å². The summed E-state index contributed by atoms with van der Waals surface area (Å²) in [6.07, 6.45) is -0.538. The summed E-state index contributed by atoms with van der Waals surface area (Å²) in [6.45, 7) is 1.10. The van der Waals surface area contributed by atoms with Crippen LogP contribution in [0.2, 0.25) is 0 Å². The number of alkyl halides is 3. The number of Topliss-reactive ketones (excluding diaryl/α,β-unsaturated/α-hetero) is 1. The molecule has 1 aromatic carbocycles. The highest BCUT2D eigenvalue weighted by Crippen LogP contribution is 2.37. The average Bonchev–Trinajstić information content (AvgIpc) is 3.56. The van der Waals surface area contributed by atoms with E-state index >= 15 is 0 Å². The topological polar surface area (TPSA) is 95.8 Å². The van der Waals surface area contributed by atoms with E-state index in [2.05, 4.69) is 20.8 Å². The molecular formula is C26H29F3N4O3. The lowest BCUT2D eigenvalue weighted by Crippen LogP contribution is -2.61. The van der Waals surface area contributed by atoms with E-state index in [1.54, 1.807) is 12.3 Å². The molecule has 0 spiro atoms. The number of oxime groups is 1. The monoisotopic (exact) mass is 502 g/mol. The lowest BCUT2D eigenvalue weighted by molar-refractivity contribution is -0.137. The average molecular weight is 503 g/mol. The fourth-order valence-electron chi connectivity index (χ4n) is 5.49. The van der Waals surface area contributed by atoms with E-state index in [1.165, 1.54) is 6.07 Å². The number of nitrogens with one attached hydrogen (secondary N) is 2. The molecule has 1 aliphatic carbocycles. The van der Waals surface area contributed by atoms with Crippen molar-refractivity contribution in [3.8, 4) is 0 Å². The highest BCUT2D eigenvalue weighted by molar-refractivity contribution is 6.06. The van der Waals surface area contributed by atoms with Gasteiger partial charge < -0.3 is 20.6 Å². The molecule has 3 heterocycles. The van der Waals surface area contributed by atoms with Crippen LogP contribution in [0.1, 0.15) is 55.3 Å². The highest BCUT2D eigenvalue weighted by Gasteiger charge is 2.49. The first kappa shape index (κ1) is 24.9. The molecule has 0 bridgehead atoms. The van der Waals surface area contributed by atoms with Crippen molar-refractivity contribution in [2.75, 3.05) is 13.1 Å². The van der Waals surface area contributed by atoms with E-state index < -0.39 is 29.0 Å². The molecule has 2 aliphatic heterocycles. The second-order valence-electron chi connectivity index (χ2n) is 9.95. The maximum atomic E-state index is 13.7. The first-order valence-electron chi connectivity index (χ1n) is 12.3. The maximum absolute atomic E-state index is 13.7. The molecule has 5 rings (SSSR count). The number of hydrogen-bond acceptors (Lipinski definition) is 7. The van der Waals surface area contributed by atoms with Crippen LogP contribution in [-0.4, -0.2) is 52.4 Å². The molecule has 7 nitrogen and oxygen atoms in total. The smallest absolute Gasteiger partial charge is 0.384 e. The lowest BCUT2D eigenvalue weighted by Gasteiger charge is -2.40. The Morgan fingerprint density at radius 3 is 2.61 bits per heavy atom. The molecule has 3 N–H and O–H groups in total. The summed E-state index contributed by atoms with van der Waals surface area (Å²) < 4.78 is 39.4. The molecule has 1 saturated carbocycles. The summed E-state index contributed by atoms with van der Waals surface area (Å²) in [5, 5.41) is 21.9. The number of carbonyl (C=O) groups excluding carboxylic acids is 1. The highest BCUT2D eigenvalue weighted by atomic mass is 19.4. The fourth-order valence-corrected chi connectivity index (χ4v) is 5.49. The normalized spacial score (nSPS) is 30.6. The van der Waals surface area contributed by atoms with Gasteiger partial charge in [0, 0.05) is 30.8 Å². The van der Waals surface area contributed by atoms with Crippen molar-refractivity contribution in [1.29, 1.82) is 0 Å². The van der Waals surface area contributed by atoms with Crippen LogP contribution in [0.25, 0.3) is 0 Å². The molecule has 1 aromatic heterocycles. The van der Waals surface area contributed by atoms with Crippen molar-refractivity contribution >= 4 is 11.5 Å². The molecule has 2 fully saturated rings. The van der Waals surface area contributed by atoms with Crippen LogP contribution in [0.5, 0.6) is 0 Å². The number of halogens is 3. The zero-order valence-corrected chi connectivity index (χ0v) is 19.7. The Balaban J connectivity index is 1.24. The summed E-state index contributed by atoms with van der Waals surface area (Å²) in [7, 11) is 0. The SMILES string of the molecule is O=C(C1CC(c2cccc(C(F)(F)F)c2)=NO1)[C@]1(NC2CCC(O)(c3ccccn3)CC2)CCNC1. The van der Waals surface area contributed by atoms with Crippen molar-refractivity contribution in [3.63, 3.8) is 0 Å². The summed E-state index contributed by atoms with van der Waals surface area (Å²) in [5.41, 5.74) is -1.30. The van der Waals surface area contributed by atoms with Gasteiger partial charge in [-0.1, -0.05) is 23.4 Å². The van der Waals surface area contributed by atoms with Crippen LogP contribution >= 0.6 is 0 Å². The lowest BCUT2D eigenvalue weighted by atomic mass is 9.78. The largest absolute Gasteiger partial charge is 0.416 e.